The van der Waals surface area contributed by atoms with Crippen molar-refractivity contribution < 1.29 is 13.6 Å². The number of nitrogens with zero attached hydrogens (tertiary/aromatic N) is 5. The van der Waals surface area contributed by atoms with Crippen LogP contribution >= 0.6 is 0 Å². The molecule has 0 unspecified atom stereocenters. The Labute approximate surface area is 224 Å². The lowest BCUT2D eigenvalue weighted by Gasteiger charge is -2.38. The second-order valence-corrected chi connectivity index (χ2v) is 9.94. The molecule has 0 saturated carbocycles. The molecule has 0 bridgehead atoms. The molecule has 2 amide bonds. The summed E-state index contributed by atoms with van der Waals surface area (Å²) in [5.41, 5.74) is 2.77. The van der Waals surface area contributed by atoms with Crippen molar-refractivity contribution in [3.05, 3.63) is 71.4 Å². The maximum Gasteiger partial charge on any atom is 0.322 e. The monoisotopic (exact) mass is 524 g/mol. The van der Waals surface area contributed by atoms with E-state index in [0.29, 0.717) is 25.6 Å². The molecule has 7 nitrogen and oxygen atoms in total. The second-order valence-electron chi connectivity index (χ2n) is 9.94. The lowest BCUT2D eigenvalue weighted by atomic mass is 10.1. The molecule has 0 aliphatic carbocycles. The van der Waals surface area contributed by atoms with Crippen LogP contribution in [0, 0.1) is 11.6 Å². The zero-order valence-electron chi connectivity index (χ0n) is 22.8. The number of amides is 2. The van der Waals surface area contributed by atoms with Crippen molar-refractivity contribution in [2.75, 3.05) is 42.9 Å². The van der Waals surface area contributed by atoms with E-state index in [2.05, 4.69) is 29.0 Å². The van der Waals surface area contributed by atoms with Gasteiger partial charge in [0.15, 0.2) is 0 Å². The van der Waals surface area contributed by atoms with Crippen LogP contribution in [0.1, 0.15) is 45.4 Å². The van der Waals surface area contributed by atoms with E-state index in [-0.39, 0.29) is 17.5 Å². The quantitative estimate of drug-likeness (QED) is 0.391. The van der Waals surface area contributed by atoms with Crippen molar-refractivity contribution in [2.45, 2.75) is 53.1 Å². The molecule has 1 N–H and O–H groups in total. The Bertz CT molecular complexity index is 1220. The highest BCUT2D eigenvalue weighted by Crippen LogP contribution is 2.31. The summed E-state index contributed by atoms with van der Waals surface area (Å²) in [5.74, 6) is 0.152. The molecule has 2 aromatic carbocycles. The standard InChI is InChI=1S/C29H38F2N6O/c1-5-15-36(29(38)32-27-10-8-7-9-25(27)31)20-24-26(6-2)33-37(23-13-11-22(30)12-14-23)28(24)35-18-16-34(17-19-35)21(3)4/h7-14,21H,5-6,15-20H2,1-4H3,(H,32,38). The lowest BCUT2D eigenvalue weighted by molar-refractivity contribution is 0.206. The molecule has 9 heteroatoms. The van der Waals surface area contributed by atoms with E-state index in [1.165, 1.54) is 18.2 Å². The van der Waals surface area contributed by atoms with Gasteiger partial charge in [-0.3, -0.25) is 4.90 Å². The molecular weight excluding hydrogens is 486 g/mol. The van der Waals surface area contributed by atoms with Crippen LogP contribution in [0.3, 0.4) is 0 Å². The van der Waals surface area contributed by atoms with Gasteiger partial charge in [-0.25, -0.2) is 18.3 Å². The molecule has 1 aromatic heterocycles. The highest BCUT2D eigenvalue weighted by Gasteiger charge is 2.29. The minimum Gasteiger partial charge on any atom is -0.354 e. The van der Waals surface area contributed by atoms with Crippen LogP contribution in [0.2, 0.25) is 0 Å². The van der Waals surface area contributed by atoms with Gasteiger partial charge in [-0.2, -0.15) is 5.10 Å². The number of piperazine rings is 1. The first-order valence-corrected chi connectivity index (χ1v) is 13.5. The van der Waals surface area contributed by atoms with Crippen LogP contribution < -0.4 is 10.2 Å². The summed E-state index contributed by atoms with van der Waals surface area (Å²) >= 11 is 0. The van der Waals surface area contributed by atoms with Gasteiger partial charge in [-0.05, 0) is 63.1 Å². The molecule has 4 rings (SSSR count). The summed E-state index contributed by atoms with van der Waals surface area (Å²) in [6, 6.07) is 12.6. The number of carbonyl (C=O) groups excluding carboxylic acids is 1. The van der Waals surface area contributed by atoms with Crippen molar-refractivity contribution in [3.8, 4) is 5.69 Å². The van der Waals surface area contributed by atoms with E-state index in [4.69, 9.17) is 5.10 Å². The number of para-hydroxylation sites is 1. The van der Waals surface area contributed by atoms with E-state index in [1.54, 1.807) is 35.2 Å². The van der Waals surface area contributed by atoms with Gasteiger partial charge in [0.2, 0.25) is 0 Å². The molecule has 3 aromatic rings. The van der Waals surface area contributed by atoms with Crippen molar-refractivity contribution in [3.63, 3.8) is 0 Å². The zero-order chi connectivity index (χ0) is 27.2. The number of hydrogen-bond acceptors (Lipinski definition) is 4. The van der Waals surface area contributed by atoms with E-state index in [1.807, 2.05) is 18.5 Å². The third-order valence-corrected chi connectivity index (χ3v) is 7.03. The Morgan fingerprint density at radius 3 is 2.32 bits per heavy atom. The van der Waals surface area contributed by atoms with Crippen LogP contribution in [0.15, 0.2) is 48.5 Å². The molecule has 0 spiro atoms. The average molecular weight is 525 g/mol. The second kappa shape index (κ2) is 12.4. The van der Waals surface area contributed by atoms with Crippen LogP contribution in [0.4, 0.5) is 25.1 Å². The number of carbonyl (C=O) groups is 1. The first-order valence-electron chi connectivity index (χ1n) is 13.5. The molecule has 2 heterocycles. The summed E-state index contributed by atoms with van der Waals surface area (Å²) in [5, 5.41) is 7.69. The Morgan fingerprint density at radius 1 is 1.03 bits per heavy atom. The number of aryl methyl sites for hydroxylation is 1. The van der Waals surface area contributed by atoms with Crippen LogP contribution in [-0.4, -0.2) is 64.4 Å². The highest BCUT2D eigenvalue weighted by atomic mass is 19.1. The number of aromatic nitrogens is 2. The average Bonchev–Trinajstić information content (AvgIpc) is 3.28. The van der Waals surface area contributed by atoms with Gasteiger partial charge in [-0.1, -0.05) is 26.0 Å². The number of benzene rings is 2. The third kappa shape index (κ3) is 6.15. The van der Waals surface area contributed by atoms with Crippen molar-refractivity contribution in [2.24, 2.45) is 0 Å². The first-order chi connectivity index (χ1) is 18.3. The number of rotatable bonds is 9. The summed E-state index contributed by atoms with van der Waals surface area (Å²) in [7, 11) is 0. The van der Waals surface area contributed by atoms with Gasteiger partial charge in [-0.15, -0.1) is 0 Å². The highest BCUT2D eigenvalue weighted by molar-refractivity contribution is 5.89. The normalized spacial score (nSPS) is 14.2. The SMILES string of the molecule is CCCN(Cc1c(CC)nn(-c2ccc(F)cc2)c1N1CCN(C(C)C)CC1)C(=O)Nc1ccccc1F. The van der Waals surface area contributed by atoms with E-state index in [9.17, 15) is 13.6 Å². The molecule has 1 aliphatic heterocycles. The maximum absolute atomic E-state index is 14.3. The van der Waals surface area contributed by atoms with Crippen molar-refractivity contribution in [1.29, 1.82) is 0 Å². The molecular formula is C29H38F2N6O. The fraction of sp³-hybridized carbons (Fsp3) is 0.448. The first kappa shape index (κ1) is 27.6. The molecule has 0 atom stereocenters. The summed E-state index contributed by atoms with van der Waals surface area (Å²) in [6.45, 7) is 12.8. The number of halogens is 2. The lowest BCUT2D eigenvalue weighted by Crippen LogP contribution is -2.49. The predicted octanol–water partition coefficient (Wildman–Crippen LogP) is 5.69. The van der Waals surface area contributed by atoms with Crippen molar-refractivity contribution in [1.82, 2.24) is 19.6 Å². The molecule has 1 aliphatic rings. The fourth-order valence-corrected chi connectivity index (χ4v) is 4.94. The minimum absolute atomic E-state index is 0.154. The van der Waals surface area contributed by atoms with Gasteiger partial charge in [0.05, 0.1) is 23.6 Å². The Kier molecular flexibility index (Phi) is 8.99. The fourth-order valence-electron chi connectivity index (χ4n) is 4.94. The molecule has 38 heavy (non-hydrogen) atoms. The molecule has 1 saturated heterocycles. The maximum atomic E-state index is 14.3. The summed E-state index contributed by atoms with van der Waals surface area (Å²) in [6.07, 6.45) is 1.43. The zero-order valence-corrected chi connectivity index (χ0v) is 22.8. The number of hydrogen-bond donors (Lipinski definition) is 1. The summed E-state index contributed by atoms with van der Waals surface area (Å²) < 4.78 is 29.9. The van der Waals surface area contributed by atoms with Crippen LogP contribution in [-0.2, 0) is 13.0 Å². The Hall–Kier alpha value is -3.46. The van der Waals surface area contributed by atoms with E-state index >= 15 is 0 Å². The van der Waals surface area contributed by atoms with Gasteiger partial charge in [0, 0.05) is 44.3 Å². The molecule has 1 fully saturated rings. The molecule has 204 valence electrons. The Morgan fingerprint density at radius 2 is 1.71 bits per heavy atom. The topological polar surface area (TPSA) is 56.6 Å². The van der Waals surface area contributed by atoms with Crippen LogP contribution in [0.25, 0.3) is 5.69 Å². The summed E-state index contributed by atoms with van der Waals surface area (Å²) in [4.78, 5) is 19.8. The van der Waals surface area contributed by atoms with Gasteiger partial charge < -0.3 is 15.1 Å². The van der Waals surface area contributed by atoms with Crippen LogP contribution in [0.5, 0.6) is 0 Å². The number of urea groups is 1. The predicted molar refractivity (Wildman–Crippen MR) is 148 cm³/mol. The third-order valence-electron chi connectivity index (χ3n) is 7.03. The van der Waals surface area contributed by atoms with Gasteiger partial charge in [0.25, 0.3) is 0 Å². The largest absolute Gasteiger partial charge is 0.354 e. The Balaban J connectivity index is 1.72. The minimum atomic E-state index is -0.473. The number of nitrogens with one attached hydrogen (secondary N) is 1. The number of anilines is 2. The van der Waals surface area contributed by atoms with Gasteiger partial charge >= 0.3 is 6.03 Å². The molecule has 0 radical (unpaired) electrons. The van der Waals surface area contributed by atoms with E-state index < -0.39 is 5.82 Å². The van der Waals surface area contributed by atoms with Gasteiger partial charge in [0.1, 0.15) is 17.5 Å². The van der Waals surface area contributed by atoms with E-state index in [0.717, 1.165) is 55.4 Å². The van der Waals surface area contributed by atoms with Crippen molar-refractivity contribution >= 4 is 17.5 Å². The smallest absolute Gasteiger partial charge is 0.322 e.